The van der Waals surface area contributed by atoms with Crippen LogP contribution in [0.2, 0.25) is 0 Å². The Kier molecular flexibility index (Phi) is 22.8. The Morgan fingerprint density at radius 3 is 1.15 bits per heavy atom. The van der Waals surface area contributed by atoms with Gasteiger partial charge < -0.3 is 39.4 Å². The maximum atomic E-state index is 12.6. The van der Waals surface area contributed by atoms with Gasteiger partial charge in [0.15, 0.2) is 0 Å². The number of hydrogen-bond donors (Lipinski definition) is 2. The number of amides is 2. The summed E-state index contributed by atoms with van der Waals surface area (Å²) in [6, 6.07) is 8.62. The van der Waals surface area contributed by atoms with Crippen molar-refractivity contribution in [3.63, 3.8) is 0 Å². The molecule has 0 atom stereocenters. The van der Waals surface area contributed by atoms with E-state index in [2.05, 4.69) is 162 Å². The third-order valence-electron chi connectivity index (χ3n) is 21.1. The van der Waals surface area contributed by atoms with Crippen molar-refractivity contribution in [1.82, 2.24) is 45.0 Å². The number of nitrogens with one attached hydrogen (secondary N) is 1. The number of aromatic nitrogens is 6. The lowest BCUT2D eigenvalue weighted by molar-refractivity contribution is -0.921. The van der Waals surface area contributed by atoms with Gasteiger partial charge in [-0.2, -0.15) is 5.26 Å². The minimum absolute atomic E-state index is 0.0231. The van der Waals surface area contributed by atoms with Crippen LogP contribution in [0.5, 0.6) is 0 Å². The number of carboxylic acid groups (broad SMARTS) is 1. The van der Waals surface area contributed by atoms with Crippen molar-refractivity contribution in [1.29, 1.82) is 5.26 Å². The average molecular weight is 1340 g/mol. The highest BCUT2D eigenvalue weighted by atomic mass is 32.1. The first-order valence-electron chi connectivity index (χ1n) is 34.8. The SMILES string of the molecule is CC1CC(C(=O)O)C1.CC[N+](CC)(CC)CC.Cc1nc(C2=Cc3c(N4CCN(C(=O)C5CC(C#N)C5)CC4)ccnc3C2)cs1.Cc1nc(C2=Cc3c(N4CCN(C(=O)C5CC(C)C5)CC4)ccnc3C2)cs1.Cc1nc(C2=Cc3c(N4CCNCC4)ccnc3C2)cs1. The number of thiazole rings is 3. The molecule has 6 fully saturated rings. The summed E-state index contributed by atoms with van der Waals surface area (Å²) in [6.45, 7) is 35.5. The van der Waals surface area contributed by atoms with Gasteiger partial charge in [0.2, 0.25) is 11.8 Å². The van der Waals surface area contributed by atoms with E-state index in [1.165, 1.54) is 86.8 Å². The number of nitriles is 1. The second-order valence-electron chi connectivity index (χ2n) is 27.2. The molecule has 6 aromatic rings. The molecule has 21 heteroatoms. The van der Waals surface area contributed by atoms with E-state index < -0.39 is 5.97 Å². The summed E-state index contributed by atoms with van der Waals surface area (Å²) < 4.78 is 1.28. The monoisotopic (exact) mass is 1340 g/mol. The number of hydrogen-bond acceptors (Lipinski definition) is 17. The Morgan fingerprint density at radius 2 is 0.863 bits per heavy atom. The average Bonchev–Trinajstić information content (AvgIpc) is 1.69. The first-order valence-corrected chi connectivity index (χ1v) is 37.4. The summed E-state index contributed by atoms with van der Waals surface area (Å²) >= 11 is 5.08. The van der Waals surface area contributed by atoms with Crippen LogP contribution in [0.25, 0.3) is 34.9 Å². The number of aryl methyl sites for hydroxylation is 3. The molecule has 3 saturated heterocycles. The lowest BCUT2D eigenvalue weighted by Crippen LogP contribution is -2.52. The third-order valence-corrected chi connectivity index (χ3v) is 23.5. The highest BCUT2D eigenvalue weighted by molar-refractivity contribution is 7.10. The molecule has 0 unspecified atom stereocenters. The summed E-state index contributed by atoms with van der Waals surface area (Å²) in [5, 5.41) is 30.4. The van der Waals surface area contributed by atoms with Crippen molar-refractivity contribution >= 4 is 104 Å². The molecular formula is C74H97N14O4S3+. The minimum Gasteiger partial charge on any atom is -0.481 e. The fraction of sp³-hybridized carbons (Fsp3) is 0.541. The number of rotatable bonds is 13. The van der Waals surface area contributed by atoms with Crippen LogP contribution in [0.15, 0.2) is 52.9 Å². The van der Waals surface area contributed by atoms with Gasteiger partial charge >= 0.3 is 5.97 Å². The molecule has 9 aliphatic rings. The Balaban J connectivity index is 0.000000130. The van der Waals surface area contributed by atoms with E-state index in [9.17, 15) is 14.4 Å². The topological polar surface area (TPSA) is 201 Å². The van der Waals surface area contributed by atoms with E-state index in [4.69, 9.17) is 10.4 Å². The zero-order valence-corrected chi connectivity index (χ0v) is 59.7. The number of allylic oxidation sites excluding steroid dienone is 3. The largest absolute Gasteiger partial charge is 0.481 e. The van der Waals surface area contributed by atoms with Crippen molar-refractivity contribution in [2.75, 3.05) is 119 Å². The number of aliphatic carboxylic acids is 1. The van der Waals surface area contributed by atoms with Crippen molar-refractivity contribution in [2.24, 2.45) is 35.5 Å². The second kappa shape index (κ2) is 31.3. The Hall–Kier alpha value is -7.22. The summed E-state index contributed by atoms with van der Waals surface area (Å²) in [5.41, 5.74) is 18.0. The summed E-state index contributed by atoms with van der Waals surface area (Å²) in [5.74, 6) is 1.74. The molecular weight excluding hydrogens is 1250 g/mol. The molecule has 18 nitrogen and oxygen atoms in total. The number of carboxylic acids is 1. The number of pyridine rings is 3. The molecule has 3 aliphatic heterocycles. The van der Waals surface area contributed by atoms with Gasteiger partial charge in [-0.05, 0) is 152 Å². The van der Waals surface area contributed by atoms with Gasteiger partial charge in [-0.1, -0.05) is 13.8 Å². The van der Waals surface area contributed by atoms with Gasteiger partial charge in [-0.3, -0.25) is 29.3 Å². The van der Waals surface area contributed by atoms with E-state index in [0.717, 1.165) is 186 Å². The summed E-state index contributed by atoms with van der Waals surface area (Å²) in [6.07, 6.45) is 20.5. The van der Waals surface area contributed by atoms with Crippen LogP contribution in [0.1, 0.15) is 146 Å². The molecule has 0 radical (unpaired) electrons. The molecule has 2 amide bonds. The molecule has 2 N–H and O–H groups in total. The van der Waals surface area contributed by atoms with E-state index in [-0.39, 0.29) is 29.6 Å². The van der Waals surface area contributed by atoms with Crippen molar-refractivity contribution < 1.29 is 24.0 Å². The fourth-order valence-corrected chi connectivity index (χ4v) is 16.6. The molecule has 0 aromatic carbocycles. The van der Waals surface area contributed by atoms with E-state index in [1.807, 2.05) is 37.3 Å². The normalized spacial score (nSPS) is 22.3. The number of quaternary nitrogens is 1. The number of anilines is 3. The zero-order valence-electron chi connectivity index (χ0n) is 57.3. The number of fused-ring (bicyclic) bond motifs is 3. The van der Waals surface area contributed by atoms with E-state index in [0.29, 0.717) is 11.8 Å². The predicted octanol–water partition coefficient (Wildman–Crippen LogP) is 12.1. The second-order valence-corrected chi connectivity index (χ2v) is 30.4. The first-order chi connectivity index (χ1) is 45.9. The number of nitrogens with zero attached hydrogens (tertiary/aromatic N) is 13. The number of carbonyl (C=O) groups excluding carboxylic acids is 2. The standard InChI is InChI=1S/C22H23N5OS.C22H26N4OS.C16H18N4S.C8H20N.C6H10O2/c1-14-25-20(13-29-14)16-10-18-19(11-16)24-3-2-21(18)26-4-6-27(7-5-26)22(28)17-8-15(9-17)12-23;1-14-9-17(10-14)22(27)26-7-5-25(6-8-26)21-3-4-23-19-12-16(11-18(19)21)20-13-28-15(2)24-20;1-11-19-15(10-21-11)12-8-13-14(9-12)18-3-2-16(13)20-6-4-17-5-7-20;1-5-9(6-2,7-3)8-4;1-4-2-5(3-4)6(7)8/h2-3,10,13,15,17H,4-9,11H2,1H3;3-4,11,13-14,17H,5-10,12H2,1-2H3;2-3,8,10,17H,4-7,9H2,1H3;5-8H2,1-4H3;4-5H,2-3H2,1H3,(H,7,8)/q;;;+1;. The van der Waals surface area contributed by atoms with Gasteiger partial charge in [0.25, 0.3) is 0 Å². The maximum absolute atomic E-state index is 12.6. The first kappa shape index (κ1) is 69.1. The quantitative estimate of drug-likeness (QED) is 0.103. The number of carbonyl (C=O) groups is 3. The van der Waals surface area contributed by atoms with Crippen LogP contribution in [0, 0.1) is 67.6 Å². The van der Waals surface area contributed by atoms with Gasteiger partial charge in [0.1, 0.15) is 0 Å². The fourth-order valence-electron chi connectivity index (χ4n) is 14.7. The van der Waals surface area contributed by atoms with Gasteiger partial charge in [-0.15, -0.1) is 34.0 Å². The van der Waals surface area contributed by atoms with Gasteiger partial charge in [0, 0.05) is 184 Å². The lowest BCUT2D eigenvalue weighted by atomic mass is 9.75. The molecule has 3 saturated carbocycles. The zero-order chi connectivity index (χ0) is 66.9. The van der Waals surface area contributed by atoms with Crippen LogP contribution >= 0.6 is 34.0 Å². The highest BCUT2D eigenvalue weighted by Crippen LogP contribution is 2.42. The molecule has 504 valence electrons. The molecule has 6 aliphatic carbocycles. The molecule has 15 rings (SSSR count). The maximum Gasteiger partial charge on any atom is 0.306 e. The third kappa shape index (κ3) is 16.3. The van der Waals surface area contributed by atoms with Crippen molar-refractivity contribution in [2.45, 2.75) is 120 Å². The van der Waals surface area contributed by atoms with Crippen LogP contribution in [0.4, 0.5) is 17.1 Å². The lowest BCUT2D eigenvalue weighted by Gasteiger charge is -2.41. The number of piperazine rings is 3. The van der Waals surface area contributed by atoms with E-state index >= 15 is 0 Å². The summed E-state index contributed by atoms with van der Waals surface area (Å²) in [4.78, 5) is 74.4. The summed E-state index contributed by atoms with van der Waals surface area (Å²) in [7, 11) is 0. The van der Waals surface area contributed by atoms with Crippen LogP contribution in [0.3, 0.4) is 0 Å². The molecule has 0 bridgehead atoms. The van der Waals surface area contributed by atoms with Crippen LogP contribution < -0.4 is 20.0 Å². The molecule has 0 spiro atoms. The smallest absolute Gasteiger partial charge is 0.306 e. The Labute approximate surface area is 574 Å². The van der Waals surface area contributed by atoms with Crippen molar-refractivity contribution in [3.8, 4) is 6.07 Å². The Bertz CT molecular complexity index is 3780. The van der Waals surface area contributed by atoms with Crippen LogP contribution in [-0.4, -0.2) is 172 Å². The molecule has 95 heavy (non-hydrogen) atoms. The van der Waals surface area contributed by atoms with Gasteiger partial charge in [0.05, 0.1) is 87.4 Å². The minimum atomic E-state index is -0.622. The highest BCUT2D eigenvalue weighted by Gasteiger charge is 2.39. The Morgan fingerprint density at radius 1 is 0.526 bits per heavy atom. The molecule has 6 aromatic heterocycles. The van der Waals surface area contributed by atoms with Gasteiger partial charge in [-0.25, -0.2) is 15.0 Å². The molecule has 9 heterocycles. The predicted molar refractivity (Wildman–Crippen MR) is 386 cm³/mol. The van der Waals surface area contributed by atoms with Crippen molar-refractivity contribution in [3.05, 3.63) is 119 Å². The van der Waals surface area contributed by atoms with E-state index in [1.54, 1.807) is 34.0 Å². The van der Waals surface area contributed by atoms with Crippen LogP contribution in [-0.2, 0) is 33.6 Å².